The molecule has 1 aromatic rings. The van der Waals surface area contributed by atoms with E-state index in [0.717, 1.165) is 23.7 Å². The van der Waals surface area contributed by atoms with Gasteiger partial charge in [-0.2, -0.15) is 0 Å². The molecule has 0 heterocycles. The van der Waals surface area contributed by atoms with Gasteiger partial charge in [0.15, 0.2) is 0 Å². The third kappa shape index (κ3) is 2.41. The van der Waals surface area contributed by atoms with Crippen molar-refractivity contribution >= 4 is 0 Å². The highest BCUT2D eigenvalue weighted by molar-refractivity contribution is 5.21. The van der Waals surface area contributed by atoms with E-state index in [4.69, 9.17) is 0 Å². The fourth-order valence-electron chi connectivity index (χ4n) is 4.91. The van der Waals surface area contributed by atoms with E-state index in [1.165, 1.54) is 44.1 Å². The molecule has 3 aliphatic rings. The topological polar surface area (TPSA) is 12.0 Å². The van der Waals surface area contributed by atoms with Gasteiger partial charge in [-0.3, -0.25) is 0 Å². The van der Waals surface area contributed by atoms with Gasteiger partial charge in [-0.15, -0.1) is 0 Å². The lowest BCUT2D eigenvalue weighted by atomic mass is 9.83. The van der Waals surface area contributed by atoms with Gasteiger partial charge in [0.05, 0.1) is 0 Å². The lowest BCUT2D eigenvalue weighted by Gasteiger charge is -2.32. The number of nitrogens with one attached hydrogen (secondary N) is 1. The van der Waals surface area contributed by atoms with Crippen LogP contribution in [0.3, 0.4) is 0 Å². The van der Waals surface area contributed by atoms with Crippen LogP contribution in [-0.4, -0.2) is 6.04 Å². The van der Waals surface area contributed by atoms with Crippen LogP contribution in [0.15, 0.2) is 30.3 Å². The Balaban J connectivity index is 1.46. The zero-order valence-corrected chi connectivity index (χ0v) is 12.6. The summed E-state index contributed by atoms with van der Waals surface area (Å²) in [4.78, 5) is 0. The molecule has 1 nitrogen and oxygen atoms in total. The van der Waals surface area contributed by atoms with E-state index in [-0.39, 0.29) is 0 Å². The molecule has 0 spiro atoms. The monoisotopic (exact) mass is 269 g/mol. The molecule has 1 heteroatoms. The van der Waals surface area contributed by atoms with Gasteiger partial charge in [0.25, 0.3) is 0 Å². The van der Waals surface area contributed by atoms with E-state index in [1.54, 1.807) is 0 Å². The summed E-state index contributed by atoms with van der Waals surface area (Å²) in [6.07, 6.45) is 8.85. The molecule has 108 valence electrons. The Kier molecular flexibility index (Phi) is 3.34. The zero-order valence-electron chi connectivity index (χ0n) is 12.6. The second-order valence-electron chi connectivity index (χ2n) is 7.52. The van der Waals surface area contributed by atoms with E-state index in [1.807, 2.05) is 0 Å². The average Bonchev–Trinajstić information content (AvgIpc) is 3.10. The van der Waals surface area contributed by atoms with Crippen LogP contribution in [0.25, 0.3) is 0 Å². The third-order valence-electron chi connectivity index (χ3n) is 6.13. The van der Waals surface area contributed by atoms with Crippen molar-refractivity contribution in [3.63, 3.8) is 0 Å². The van der Waals surface area contributed by atoms with Crippen molar-refractivity contribution < 1.29 is 0 Å². The molecule has 2 bridgehead atoms. The van der Waals surface area contributed by atoms with Crippen LogP contribution in [0.2, 0.25) is 0 Å². The summed E-state index contributed by atoms with van der Waals surface area (Å²) in [5.41, 5.74) is 1.50. The number of rotatable bonds is 5. The molecule has 5 atom stereocenters. The first-order chi connectivity index (χ1) is 9.81. The first-order valence-corrected chi connectivity index (χ1v) is 8.62. The van der Waals surface area contributed by atoms with E-state index < -0.39 is 0 Å². The highest BCUT2D eigenvalue weighted by atomic mass is 15.0. The van der Waals surface area contributed by atoms with Crippen LogP contribution >= 0.6 is 0 Å². The van der Waals surface area contributed by atoms with Gasteiger partial charge in [0, 0.05) is 12.1 Å². The second-order valence-corrected chi connectivity index (χ2v) is 7.52. The van der Waals surface area contributed by atoms with Gasteiger partial charge in [-0.25, -0.2) is 0 Å². The molecule has 1 aromatic carbocycles. The summed E-state index contributed by atoms with van der Waals surface area (Å²) >= 11 is 0. The molecule has 3 fully saturated rings. The predicted octanol–water partition coefficient (Wildman–Crippen LogP) is 4.55. The molecular weight excluding hydrogens is 242 g/mol. The molecule has 5 unspecified atom stereocenters. The van der Waals surface area contributed by atoms with Crippen LogP contribution in [0, 0.1) is 23.7 Å². The van der Waals surface area contributed by atoms with Crippen LogP contribution in [0.4, 0.5) is 0 Å². The minimum absolute atomic E-state index is 0.602. The van der Waals surface area contributed by atoms with Crippen molar-refractivity contribution in [2.45, 2.75) is 57.5 Å². The Morgan fingerprint density at radius 3 is 2.40 bits per heavy atom. The average molecular weight is 269 g/mol. The molecule has 0 saturated heterocycles. The fraction of sp³-hybridized carbons (Fsp3) is 0.684. The summed E-state index contributed by atoms with van der Waals surface area (Å²) in [5, 5.41) is 4.02. The van der Waals surface area contributed by atoms with E-state index in [0.29, 0.717) is 12.1 Å². The van der Waals surface area contributed by atoms with Crippen LogP contribution in [0.5, 0.6) is 0 Å². The number of hydrogen-bond donors (Lipinski definition) is 1. The first-order valence-electron chi connectivity index (χ1n) is 8.62. The number of benzene rings is 1. The molecule has 0 aromatic heterocycles. The maximum Gasteiger partial charge on any atom is 0.0351 e. The lowest BCUT2D eigenvalue weighted by molar-refractivity contribution is 0.239. The van der Waals surface area contributed by atoms with Crippen molar-refractivity contribution in [1.82, 2.24) is 5.32 Å². The van der Waals surface area contributed by atoms with Crippen LogP contribution < -0.4 is 5.32 Å². The summed E-state index contributed by atoms with van der Waals surface area (Å²) in [5.74, 6) is 3.92. The Morgan fingerprint density at radius 2 is 1.80 bits per heavy atom. The highest BCUT2D eigenvalue weighted by Gasteiger charge is 2.43. The Hall–Kier alpha value is -0.820. The highest BCUT2D eigenvalue weighted by Crippen LogP contribution is 2.50. The zero-order chi connectivity index (χ0) is 13.5. The largest absolute Gasteiger partial charge is 0.307 e. The fourth-order valence-corrected chi connectivity index (χ4v) is 4.91. The van der Waals surface area contributed by atoms with Crippen molar-refractivity contribution in [2.75, 3.05) is 0 Å². The summed E-state index contributed by atoms with van der Waals surface area (Å²) in [6, 6.07) is 12.4. The number of hydrogen-bond acceptors (Lipinski definition) is 1. The SMILES string of the molecule is CC(NC(c1ccccc1)C1CC1)C1CC2CCC1C2. The van der Waals surface area contributed by atoms with Crippen molar-refractivity contribution in [3.05, 3.63) is 35.9 Å². The lowest BCUT2D eigenvalue weighted by Crippen LogP contribution is -2.39. The van der Waals surface area contributed by atoms with Gasteiger partial charge in [0.2, 0.25) is 0 Å². The van der Waals surface area contributed by atoms with E-state index in [2.05, 4.69) is 42.6 Å². The maximum absolute atomic E-state index is 4.02. The molecule has 3 saturated carbocycles. The summed E-state index contributed by atoms with van der Waals surface area (Å²) < 4.78 is 0. The van der Waals surface area contributed by atoms with Gasteiger partial charge in [-0.1, -0.05) is 36.8 Å². The normalized spacial score (nSPS) is 35.1. The van der Waals surface area contributed by atoms with Crippen LogP contribution in [0.1, 0.15) is 57.1 Å². The Morgan fingerprint density at radius 1 is 1.00 bits per heavy atom. The van der Waals surface area contributed by atoms with Gasteiger partial charge in [-0.05, 0) is 68.3 Å². The predicted molar refractivity (Wildman–Crippen MR) is 83.4 cm³/mol. The maximum atomic E-state index is 4.02. The summed E-state index contributed by atoms with van der Waals surface area (Å²) in [7, 11) is 0. The Labute approximate surface area is 123 Å². The molecule has 0 amide bonds. The molecule has 0 aliphatic heterocycles. The van der Waals surface area contributed by atoms with Gasteiger partial charge >= 0.3 is 0 Å². The van der Waals surface area contributed by atoms with E-state index >= 15 is 0 Å². The van der Waals surface area contributed by atoms with Gasteiger partial charge < -0.3 is 5.32 Å². The smallest absolute Gasteiger partial charge is 0.0351 e. The molecule has 1 N–H and O–H groups in total. The Bertz CT molecular complexity index is 450. The molecular formula is C19H27N. The van der Waals surface area contributed by atoms with Gasteiger partial charge in [0.1, 0.15) is 0 Å². The molecule has 20 heavy (non-hydrogen) atoms. The minimum atomic E-state index is 0.602. The van der Waals surface area contributed by atoms with Crippen molar-refractivity contribution in [1.29, 1.82) is 0 Å². The standard InChI is InChI=1S/C19H27N/c1-13(18-12-14-7-8-17(18)11-14)20-19(16-9-10-16)15-5-3-2-4-6-15/h2-6,13-14,16-20H,7-12H2,1H3. The number of fused-ring (bicyclic) bond motifs is 2. The first kappa shape index (κ1) is 12.9. The second kappa shape index (κ2) is 5.18. The van der Waals surface area contributed by atoms with E-state index in [9.17, 15) is 0 Å². The molecule has 4 rings (SSSR count). The van der Waals surface area contributed by atoms with Crippen molar-refractivity contribution in [3.8, 4) is 0 Å². The molecule has 3 aliphatic carbocycles. The minimum Gasteiger partial charge on any atom is -0.307 e. The quantitative estimate of drug-likeness (QED) is 0.826. The third-order valence-corrected chi connectivity index (χ3v) is 6.13. The van der Waals surface area contributed by atoms with Crippen LogP contribution in [-0.2, 0) is 0 Å². The summed E-state index contributed by atoms with van der Waals surface area (Å²) in [6.45, 7) is 2.45. The molecule has 0 radical (unpaired) electrons. The van der Waals surface area contributed by atoms with Crippen molar-refractivity contribution in [2.24, 2.45) is 23.7 Å².